The van der Waals surface area contributed by atoms with E-state index in [2.05, 4.69) is 4.90 Å². The highest BCUT2D eigenvalue weighted by Crippen LogP contribution is 2.35. The van der Waals surface area contributed by atoms with Gasteiger partial charge in [0.25, 0.3) is 0 Å². The topological polar surface area (TPSA) is 29.3 Å². The summed E-state index contributed by atoms with van der Waals surface area (Å²) in [6.07, 6.45) is -0.907. The van der Waals surface area contributed by atoms with Gasteiger partial charge in [-0.25, -0.2) is 0 Å². The molecule has 116 valence electrons. The van der Waals surface area contributed by atoms with Crippen molar-refractivity contribution in [3.8, 4) is 0 Å². The molecule has 0 bridgehead atoms. The monoisotopic (exact) mass is 328 g/mol. The maximum atomic E-state index is 12.5. The first-order valence-electron chi connectivity index (χ1n) is 6.57. The van der Waals surface area contributed by atoms with E-state index < -0.39 is 11.1 Å². The number of halogens is 4. The van der Waals surface area contributed by atoms with E-state index in [0.717, 1.165) is 42.1 Å². The van der Waals surface area contributed by atoms with Gasteiger partial charge in [0.1, 0.15) is 4.88 Å². The van der Waals surface area contributed by atoms with E-state index in [1.165, 1.54) is 12.5 Å². The Morgan fingerprint density at radius 2 is 2.10 bits per heavy atom. The van der Waals surface area contributed by atoms with Gasteiger partial charge in [-0.1, -0.05) is 0 Å². The van der Waals surface area contributed by atoms with Crippen molar-refractivity contribution in [3.05, 3.63) is 21.9 Å². The van der Waals surface area contributed by atoms with Crippen molar-refractivity contribution in [2.75, 3.05) is 19.6 Å². The van der Waals surface area contributed by atoms with Crippen molar-refractivity contribution in [1.29, 1.82) is 0 Å². The van der Waals surface area contributed by atoms with Crippen molar-refractivity contribution < 1.29 is 13.2 Å². The molecule has 0 aliphatic carbocycles. The standard InChI is InChI=1S/C13H19F3N2S.ClH/c14-13(15,16)12-4-3-11(19-12)9-18-7-1-2-10(8-18)5-6-17;/h3-4,10H,1-2,5-9,17H2;1H. The molecule has 1 aromatic rings. The highest BCUT2D eigenvalue weighted by atomic mass is 35.5. The smallest absolute Gasteiger partial charge is 0.330 e. The number of nitrogens with two attached hydrogens (primary N) is 1. The zero-order valence-electron chi connectivity index (χ0n) is 11.2. The molecule has 1 unspecified atom stereocenters. The quantitative estimate of drug-likeness (QED) is 0.912. The van der Waals surface area contributed by atoms with Crippen LogP contribution in [-0.2, 0) is 12.7 Å². The average molecular weight is 329 g/mol. The van der Waals surface area contributed by atoms with E-state index in [9.17, 15) is 13.2 Å². The molecule has 0 amide bonds. The number of thiophene rings is 1. The molecule has 1 aliphatic heterocycles. The molecule has 0 spiro atoms. The van der Waals surface area contributed by atoms with Gasteiger partial charge in [0.05, 0.1) is 0 Å². The first-order valence-corrected chi connectivity index (χ1v) is 7.39. The zero-order valence-corrected chi connectivity index (χ0v) is 12.8. The summed E-state index contributed by atoms with van der Waals surface area (Å²) >= 11 is 0.857. The fraction of sp³-hybridized carbons (Fsp3) is 0.692. The Morgan fingerprint density at radius 1 is 1.35 bits per heavy atom. The number of piperidine rings is 1. The van der Waals surface area contributed by atoms with Crippen LogP contribution in [0.5, 0.6) is 0 Å². The van der Waals surface area contributed by atoms with Crippen LogP contribution in [0.4, 0.5) is 13.2 Å². The summed E-state index contributed by atoms with van der Waals surface area (Å²) in [5.74, 6) is 0.598. The molecular formula is C13H20ClF3N2S. The normalized spacial score (nSPS) is 20.7. The fourth-order valence-electron chi connectivity index (χ4n) is 2.60. The van der Waals surface area contributed by atoms with E-state index in [-0.39, 0.29) is 12.4 Å². The number of rotatable bonds is 4. The third-order valence-corrected chi connectivity index (χ3v) is 4.61. The van der Waals surface area contributed by atoms with Crippen molar-refractivity contribution in [3.63, 3.8) is 0 Å². The van der Waals surface area contributed by atoms with Gasteiger partial charge in [-0.15, -0.1) is 23.7 Å². The molecule has 1 fully saturated rings. The van der Waals surface area contributed by atoms with E-state index in [1.54, 1.807) is 6.07 Å². The van der Waals surface area contributed by atoms with Crippen LogP contribution in [0.15, 0.2) is 12.1 Å². The zero-order chi connectivity index (χ0) is 13.9. The molecule has 7 heteroatoms. The third-order valence-electron chi connectivity index (χ3n) is 3.50. The van der Waals surface area contributed by atoms with Gasteiger partial charge in [0, 0.05) is 18.0 Å². The fourth-order valence-corrected chi connectivity index (χ4v) is 3.52. The summed E-state index contributed by atoms with van der Waals surface area (Å²) < 4.78 is 37.6. The van der Waals surface area contributed by atoms with Crippen LogP contribution in [0, 0.1) is 5.92 Å². The molecule has 2 N–H and O–H groups in total. The minimum atomic E-state index is -4.22. The van der Waals surface area contributed by atoms with Crippen LogP contribution >= 0.6 is 23.7 Å². The Bertz CT molecular complexity index is 407. The van der Waals surface area contributed by atoms with Crippen molar-refractivity contribution >= 4 is 23.7 Å². The Hall–Kier alpha value is -0.300. The Balaban J connectivity index is 0.00000200. The summed E-state index contributed by atoms with van der Waals surface area (Å²) in [7, 11) is 0. The molecule has 0 aromatic carbocycles. The van der Waals surface area contributed by atoms with Crippen molar-refractivity contribution in [2.45, 2.75) is 32.0 Å². The van der Waals surface area contributed by atoms with Gasteiger partial charge >= 0.3 is 6.18 Å². The molecule has 0 saturated carbocycles. The second kappa shape index (κ2) is 7.64. The molecule has 1 aliphatic rings. The minimum absolute atomic E-state index is 0. The van der Waals surface area contributed by atoms with Crippen LogP contribution in [-0.4, -0.2) is 24.5 Å². The van der Waals surface area contributed by atoms with Gasteiger partial charge in [-0.2, -0.15) is 13.2 Å². The lowest BCUT2D eigenvalue weighted by atomic mass is 9.95. The number of hydrogen-bond acceptors (Lipinski definition) is 3. The molecule has 1 aromatic heterocycles. The molecule has 0 radical (unpaired) electrons. The van der Waals surface area contributed by atoms with Gasteiger partial charge in [0.2, 0.25) is 0 Å². The largest absolute Gasteiger partial charge is 0.425 e. The van der Waals surface area contributed by atoms with Crippen LogP contribution in [0.25, 0.3) is 0 Å². The first-order chi connectivity index (χ1) is 8.99. The van der Waals surface area contributed by atoms with E-state index in [0.29, 0.717) is 19.0 Å². The van der Waals surface area contributed by atoms with Gasteiger partial charge in [-0.05, 0) is 50.4 Å². The number of hydrogen-bond donors (Lipinski definition) is 1. The number of nitrogens with zero attached hydrogens (tertiary/aromatic N) is 1. The molecule has 2 heterocycles. The lowest BCUT2D eigenvalue weighted by Crippen LogP contribution is -2.35. The Morgan fingerprint density at radius 3 is 2.70 bits per heavy atom. The predicted molar refractivity (Wildman–Crippen MR) is 78.2 cm³/mol. The average Bonchev–Trinajstić information content (AvgIpc) is 2.78. The Kier molecular flexibility index (Phi) is 6.78. The summed E-state index contributed by atoms with van der Waals surface area (Å²) in [5, 5.41) is 0. The lowest BCUT2D eigenvalue weighted by molar-refractivity contribution is -0.134. The highest BCUT2D eigenvalue weighted by molar-refractivity contribution is 7.12. The molecule has 1 atom stereocenters. The Labute approximate surface area is 127 Å². The number of likely N-dealkylation sites (tertiary alicyclic amines) is 1. The summed E-state index contributed by atoms with van der Waals surface area (Å²) in [6, 6.07) is 2.78. The maximum absolute atomic E-state index is 12.5. The van der Waals surface area contributed by atoms with Crippen LogP contribution in [0.2, 0.25) is 0 Å². The molecule has 2 nitrogen and oxygen atoms in total. The van der Waals surface area contributed by atoms with E-state index in [1.807, 2.05) is 0 Å². The van der Waals surface area contributed by atoms with Crippen molar-refractivity contribution in [2.24, 2.45) is 11.7 Å². The second-order valence-corrected chi connectivity index (χ2v) is 6.25. The summed E-state index contributed by atoms with van der Waals surface area (Å²) in [6.45, 7) is 3.24. The minimum Gasteiger partial charge on any atom is -0.330 e. The SMILES string of the molecule is Cl.NCCC1CCCN(Cc2ccc(C(F)(F)F)s2)C1. The second-order valence-electron chi connectivity index (χ2n) is 5.08. The third kappa shape index (κ3) is 4.91. The summed E-state index contributed by atoms with van der Waals surface area (Å²) in [5.41, 5.74) is 5.57. The van der Waals surface area contributed by atoms with Crippen LogP contribution in [0.1, 0.15) is 29.0 Å². The van der Waals surface area contributed by atoms with Gasteiger partial charge < -0.3 is 5.73 Å². The van der Waals surface area contributed by atoms with Crippen LogP contribution in [0.3, 0.4) is 0 Å². The van der Waals surface area contributed by atoms with Crippen LogP contribution < -0.4 is 5.73 Å². The maximum Gasteiger partial charge on any atom is 0.425 e. The van der Waals surface area contributed by atoms with E-state index >= 15 is 0 Å². The summed E-state index contributed by atoms with van der Waals surface area (Å²) in [4.78, 5) is 2.54. The lowest BCUT2D eigenvalue weighted by Gasteiger charge is -2.32. The molecule has 2 rings (SSSR count). The first kappa shape index (κ1) is 17.8. The highest BCUT2D eigenvalue weighted by Gasteiger charge is 2.32. The number of alkyl halides is 3. The van der Waals surface area contributed by atoms with Gasteiger partial charge in [-0.3, -0.25) is 4.90 Å². The molecule has 20 heavy (non-hydrogen) atoms. The predicted octanol–water partition coefficient (Wildman–Crippen LogP) is 3.75. The molecule has 1 saturated heterocycles. The van der Waals surface area contributed by atoms with E-state index in [4.69, 9.17) is 5.73 Å². The molecular weight excluding hydrogens is 309 g/mol. The van der Waals surface area contributed by atoms with Crippen molar-refractivity contribution in [1.82, 2.24) is 4.90 Å². The van der Waals surface area contributed by atoms with Gasteiger partial charge in [0.15, 0.2) is 0 Å².